The predicted octanol–water partition coefficient (Wildman–Crippen LogP) is 0.765. The molecule has 0 bridgehead atoms. The predicted molar refractivity (Wildman–Crippen MR) is 70.7 cm³/mol. The van der Waals surface area contributed by atoms with E-state index in [0.29, 0.717) is 6.04 Å². The summed E-state index contributed by atoms with van der Waals surface area (Å²) in [4.78, 5) is 11.8. The van der Waals surface area contributed by atoms with Crippen LogP contribution in [0.2, 0.25) is 0 Å². The van der Waals surface area contributed by atoms with Crippen molar-refractivity contribution in [2.45, 2.75) is 18.9 Å². The van der Waals surface area contributed by atoms with Crippen LogP contribution in [0.15, 0.2) is 30.3 Å². The van der Waals surface area contributed by atoms with E-state index in [9.17, 15) is 4.79 Å². The van der Waals surface area contributed by atoms with Crippen molar-refractivity contribution in [2.75, 3.05) is 13.1 Å². The Hall–Kier alpha value is -1.10. The summed E-state index contributed by atoms with van der Waals surface area (Å²) in [6.07, 6.45) is 2.05. The van der Waals surface area contributed by atoms with Crippen LogP contribution in [-0.2, 0) is 0 Å². The van der Waals surface area contributed by atoms with E-state index in [1.54, 1.807) is 0 Å². The number of nitrogens with one attached hydrogen (secondary N) is 2. The van der Waals surface area contributed by atoms with Gasteiger partial charge in [0, 0.05) is 11.6 Å². The van der Waals surface area contributed by atoms with Crippen LogP contribution in [0.25, 0.3) is 0 Å². The molecule has 1 fully saturated rings. The lowest BCUT2D eigenvalue weighted by atomic mass is 10.1. The van der Waals surface area contributed by atoms with Gasteiger partial charge in [0.05, 0.1) is 0 Å². The highest BCUT2D eigenvalue weighted by Gasteiger charge is 2.15. The molecule has 0 unspecified atom stereocenters. The highest BCUT2D eigenvalue weighted by Crippen LogP contribution is 2.04. The molecule has 2 rings (SSSR count). The van der Waals surface area contributed by atoms with Crippen LogP contribution >= 0.6 is 12.4 Å². The van der Waals surface area contributed by atoms with E-state index >= 15 is 0 Å². The standard InChI is InChI=1S/C12H16N2O.ClH.H2O/c15-12(10-4-2-1-3-5-10)14-11-6-8-13-9-7-11;;/h1-5,11,13H,6-9H2,(H,14,15);1H;1H2. The largest absolute Gasteiger partial charge is 0.412 e. The lowest BCUT2D eigenvalue weighted by molar-refractivity contribution is 0.0929. The summed E-state index contributed by atoms with van der Waals surface area (Å²) in [6.45, 7) is 2.00. The number of rotatable bonds is 2. The Morgan fingerprint density at radius 3 is 2.35 bits per heavy atom. The number of hydrogen-bond donors (Lipinski definition) is 2. The molecule has 4 nitrogen and oxygen atoms in total. The molecule has 0 saturated carbocycles. The van der Waals surface area contributed by atoms with Gasteiger partial charge in [-0.1, -0.05) is 18.2 Å². The normalized spacial score (nSPS) is 15.3. The third-order valence-corrected chi connectivity index (χ3v) is 2.71. The molecule has 1 aliphatic heterocycles. The molecule has 5 heteroatoms. The molecule has 1 saturated heterocycles. The zero-order valence-corrected chi connectivity index (χ0v) is 10.4. The first-order valence-electron chi connectivity index (χ1n) is 5.43. The van der Waals surface area contributed by atoms with Gasteiger partial charge in [-0.05, 0) is 38.1 Å². The smallest absolute Gasteiger partial charge is 0.251 e. The first kappa shape index (κ1) is 15.9. The Morgan fingerprint density at radius 1 is 1.18 bits per heavy atom. The highest BCUT2D eigenvalue weighted by atomic mass is 35.5. The third kappa shape index (κ3) is 4.73. The zero-order valence-electron chi connectivity index (χ0n) is 9.61. The fourth-order valence-electron chi connectivity index (χ4n) is 1.82. The van der Waals surface area contributed by atoms with Crippen molar-refractivity contribution in [1.29, 1.82) is 0 Å². The number of benzene rings is 1. The van der Waals surface area contributed by atoms with Crippen molar-refractivity contribution >= 4 is 18.3 Å². The number of amides is 1. The van der Waals surface area contributed by atoms with Crippen LogP contribution in [0.1, 0.15) is 23.2 Å². The van der Waals surface area contributed by atoms with E-state index in [4.69, 9.17) is 0 Å². The molecule has 1 amide bonds. The molecule has 1 aliphatic rings. The molecular formula is C12H19ClN2O2. The maximum Gasteiger partial charge on any atom is 0.251 e. The van der Waals surface area contributed by atoms with Crippen molar-refractivity contribution in [1.82, 2.24) is 10.6 Å². The van der Waals surface area contributed by atoms with Crippen LogP contribution in [0.3, 0.4) is 0 Å². The summed E-state index contributed by atoms with van der Waals surface area (Å²) in [7, 11) is 0. The summed E-state index contributed by atoms with van der Waals surface area (Å²) in [6, 6.07) is 9.71. The van der Waals surface area contributed by atoms with E-state index < -0.39 is 0 Å². The van der Waals surface area contributed by atoms with Crippen LogP contribution in [0, 0.1) is 0 Å². The van der Waals surface area contributed by atoms with E-state index in [1.165, 1.54) is 0 Å². The molecule has 1 aromatic rings. The lowest BCUT2D eigenvalue weighted by Gasteiger charge is -2.23. The Morgan fingerprint density at radius 2 is 1.76 bits per heavy atom. The Labute approximate surface area is 108 Å². The second kappa shape index (κ2) is 8.06. The average molecular weight is 259 g/mol. The maximum absolute atomic E-state index is 11.8. The molecule has 1 heterocycles. The molecule has 0 spiro atoms. The average Bonchev–Trinajstić information content (AvgIpc) is 2.31. The van der Waals surface area contributed by atoms with Crippen molar-refractivity contribution < 1.29 is 10.3 Å². The Bertz CT molecular complexity index is 327. The van der Waals surface area contributed by atoms with Gasteiger partial charge in [-0.15, -0.1) is 12.4 Å². The molecular weight excluding hydrogens is 240 g/mol. The molecule has 0 aromatic heterocycles. The van der Waals surface area contributed by atoms with E-state index in [2.05, 4.69) is 10.6 Å². The van der Waals surface area contributed by atoms with Gasteiger partial charge in [-0.3, -0.25) is 4.79 Å². The van der Waals surface area contributed by atoms with Crippen molar-refractivity contribution in [3.8, 4) is 0 Å². The van der Waals surface area contributed by atoms with E-state index in [-0.39, 0.29) is 23.8 Å². The first-order valence-corrected chi connectivity index (χ1v) is 5.43. The van der Waals surface area contributed by atoms with Gasteiger partial charge in [-0.2, -0.15) is 0 Å². The second-order valence-electron chi connectivity index (χ2n) is 3.86. The highest BCUT2D eigenvalue weighted by molar-refractivity contribution is 5.94. The van der Waals surface area contributed by atoms with Gasteiger partial charge in [0.1, 0.15) is 0 Å². The first-order chi connectivity index (χ1) is 7.36. The maximum atomic E-state index is 11.8. The third-order valence-electron chi connectivity index (χ3n) is 2.71. The van der Waals surface area contributed by atoms with Crippen LogP contribution in [0.4, 0.5) is 0 Å². The summed E-state index contributed by atoms with van der Waals surface area (Å²) < 4.78 is 0. The lowest BCUT2D eigenvalue weighted by Crippen LogP contribution is -2.42. The van der Waals surface area contributed by atoms with Gasteiger partial charge in [0.2, 0.25) is 0 Å². The Kier molecular flexibility index (Phi) is 7.54. The minimum atomic E-state index is 0. The van der Waals surface area contributed by atoms with E-state index in [1.807, 2.05) is 30.3 Å². The van der Waals surface area contributed by atoms with Crippen LogP contribution in [0.5, 0.6) is 0 Å². The van der Waals surface area contributed by atoms with Crippen molar-refractivity contribution in [2.24, 2.45) is 0 Å². The number of halogens is 1. The zero-order chi connectivity index (χ0) is 10.5. The molecule has 17 heavy (non-hydrogen) atoms. The summed E-state index contributed by atoms with van der Waals surface area (Å²) in [5.74, 6) is 0.0440. The number of carbonyl (C=O) groups excluding carboxylic acids is 1. The van der Waals surface area contributed by atoms with Gasteiger partial charge in [-0.25, -0.2) is 0 Å². The Balaban J connectivity index is 0.00000128. The van der Waals surface area contributed by atoms with Crippen LogP contribution < -0.4 is 10.6 Å². The SMILES string of the molecule is Cl.O.O=C(NC1CCNCC1)c1ccccc1. The van der Waals surface area contributed by atoms with Gasteiger partial charge < -0.3 is 16.1 Å². The second-order valence-corrected chi connectivity index (χ2v) is 3.86. The molecule has 1 aromatic carbocycles. The molecule has 4 N–H and O–H groups in total. The van der Waals surface area contributed by atoms with Crippen molar-refractivity contribution in [3.63, 3.8) is 0 Å². The fourth-order valence-corrected chi connectivity index (χ4v) is 1.82. The fraction of sp³-hybridized carbons (Fsp3) is 0.417. The molecule has 96 valence electrons. The summed E-state index contributed by atoms with van der Waals surface area (Å²) >= 11 is 0. The van der Waals surface area contributed by atoms with Crippen molar-refractivity contribution in [3.05, 3.63) is 35.9 Å². The van der Waals surface area contributed by atoms with Gasteiger partial charge in [0.15, 0.2) is 0 Å². The monoisotopic (exact) mass is 258 g/mol. The minimum absolute atomic E-state index is 0. The summed E-state index contributed by atoms with van der Waals surface area (Å²) in [5, 5.41) is 6.33. The minimum Gasteiger partial charge on any atom is -0.412 e. The molecule has 0 aliphatic carbocycles. The van der Waals surface area contributed by atoms with Gasteiger partial charge >= 0.3 is 0 Å². The molecule has 0 radical (unpaired) electrons. The van der Waals surface area contributed by atoms with E-state index in [0.717, 1.165) is 31.5 Å². The topological polar surface area (TPSA) is 72.6 Å². The summed E-state index contributed by atoms with van der Waals surface area (Å²) in [5.41, 5.74) is 0.746. The van der Waals surface area contributed by atoms with Crippen LogP contribution in [-0.4, -0.2) is 30.5 Å². The number of hydrogen-bond acceptors (Lipinski definition) is 2. The van der Waals surface area contributed by atoms with Gasteiger partial charge in [0.25, 0.3) is 5.91 Å². The number of piperidine rings is 1. The number of carbonyl (C=O) groups is 1. The quantitative estimate of drug-likeness (QED) is 0.822. The molecule has 0 atom stereocenters.